The molecule has 0 amide bonds. The molecule has 1 aliphatic rings. The van der Waals surface area contributed by atoms with Crippen molar-refractivity contribution in [2.24, 2.45) is 5.92 Å². The summed E-state index contributed by atoms with van der Waals surface area (Å²) < 4.78 is 19.3. The van der Waals surface area contributed by atoms with Crippen LogP contribution in [0.2, 0.25) is 0 Å². The molecule has 1 saturated heterocycles. The number of ether oxygens (including phenoxy) is 1. The molecule has 0 spiro atoms. The van der Waals surface area contributed by atoms with Crippen LogP contribution in [0.15, 0.2) is 18.3 Å². The van der Waals surface area contributed by atoms with Gasteiger partial charge in [0.25, 0.3) is 0 Å². The fourth-order valence-electron chi connectivity index (χ4n) is 2.86. The number of esters is 1. The Labute approximate surface area is 144 Å². The highest BCUT2D eigenvalue weighted by Crippen LogP contribution is 2.35. The lowest BCUT2D eigenvalue weighted by atomic mass is 10.0. The van der Waals surface area contributed by atoms with Gasteiger partial charge in [-0.3, -0.25) is 4.98 Å². The summed E-state index contributed by atoms with van der Waals surface area (Å²) in [5.74, 6) is -0.401. The summed E-state index contributed by atoms with van der Waals surface area (Å²) >= 11 is 1.25. The molecule has 1 aliphatic heterocycles. The van der Waals surface area contributed by atoms with E-state index in [-0.39, 0.29) is 18.0 Å². The van der Waals surface area contributed by atoms with Crippen LogP contribution in [0, 0.1) is 11.7 Å². The number of carbonyl (C=O) groups excluding carboxylic acids is 1. The van der Waals surface area contributed by atoms with Gasteiger partial charge >= 0.3 is 5.97 Å². The maximum absolute atomic E-state index is 14.2. The Kier molecular flexibility index (Phi) is 5.08. The van der Waals surface area contributed by atoms with E-state index < -0.39 is 11.8 Å². The molecule has 2 aromatic heterocycles. The van der Waals surface area contributed by atoms with Gasteiger partial charge in [-0.1, -0.05) is 18.3 Å². The molecule has 128 valence electrons. The molecule has 0 N–H and O–H groups in total. The van der Waals surface area contributed by atoms with Crippen LogP contribution in [-0.4, -0.2) is 35.6 Å². The van der Waals surface area contributed by atoms with Crippen molar-refractivity contribution in [3.63, 3.8) is 0 Å². The van der Waals surface area contributed by atoms with Gasteiger partial charge in [0.1, 0.15) is 16.3 Å². The number of pyridine rings is 1. The molecule has 0 bridgehead atoms. The monoisotopic (exact) mass is 349 g/mol. The first kappa shape index (κ1) is 16.8. The average Bonchev–Trinajstić information content (AvgIpc) is 3.01. The van der Waals surface area contributed by atoms with Crippen LogP contribution < -0.4 is 4.90 Å². The average molecular weight is 349 g/mol. The van der Waals surface area contributed by atoms with Crippen molar-refractivity contribution in [2.45, 2.75) is 26.7 Å². The first-order chi connectivity index (χ1) is 11.6. The molecule has 0 aromatic carbocycles. The number of hydrogen-bond donors (Lipinski definition) is 0. The van der Waals surface area contributed by atoms with E-state index in [0.717, 1.165) is 24.6 Å². The van der Waals surface area contributed by atoms with E-state index in [1.807, 2.05) is 0 Å². The van der Waals surface area contributed by atoms with Gasteiger partial charge < -0.3 is 9.64 Å². The molecule has 1 atom stereocenters. The lowest BCUT2D eigenvalue weighted by Crippen LogP contribution is -2.34. The second-order valence-electron chi connectivity index (χ2n) is 5.92. The van der Waals surface area contributed by atoms with Gasteiger partial charge in [-0.05, 0) is 37.8 Å². The van der Waals surface area contributed by atoms with Gasteiger partial charge in [0.15, 0.2) is 10.9 Å². The number of aromatic nitrogens is 2. The fraction of sp³-hybridized carbons (Fsp3) is 0.471. The zero-order valence-corrected chi connectivity index (χ0v) is 14.6. The number of hydrogen-bond acceptors (Lipinski definition) is 6. The second-order valence-corrected chi connectivity index (χ2v) is 6.90. The third kappa shape index (κ3) is 3.40. The molecule has 3 rings (SSSR count). The van der Waals surface area contributed by atoms with E-state index in [1.165, 1.54) is 36.1 Å². The van der Waals surface area contributed by atoms with Crippen molar-refractivity contribution in [3.8, 4) is 11.4 Å². The first-order valence-electron chi connectivity index (χ1n) is 8.14. The van der Waals surface area contributed by atoms with Crippen molar-refractivity contribution in [3.05, 3.63) is 29.0 Å². The molecule has 0 saturated carbocycles. The Morgan fingerprint density at radius 3 is 3.04 bits per heavy atom. The van der Waals surface area contributed by atoms with E-state index in [9.17, 15) is 9.18 Å². The zero-order valence-electron chi connectivity index (χ0n) is 13.8. The molecule has 0 radical (unpaired) electrons. The number of piperidine rings is 1. The van der Waals surface area contributed by atoms with E-state index in [1.54, 1.807) is 6.92 Å². The number of nitrogens with zero attached hydrogens (tertiary/aromatic N) is 3. The van der Waals surface area contributed by atoms with Crippen LogP contribution in [-0.2, 0) is 4.74 Å². The molecule has 0 unspecified atom stereocenters. The molecule has 3 heterocycles. The van der Waals surface area contributed by atoms with E-state index in [2.05, 4.69) is 21.8 Å². The maximum Gasteiger partial charge on any atom is 0.350 e. The lowest BCUT2D eigenvalue weighted by Gasteiger charge is -2.30. The van der Waals surface area contributed by atoms with Crippen molar-refractivity contribution in [2.75, 3.05) is 24.6 Å². The highest BCUT2D eigenvalue weighted by Gasteiger charge is 2.27. The Balaban J connectivity index is 2.02. The normalized spacial score (nSPS) is 17.8. The van der Waals surface area contributed by atoms with Gasteiger partial charge in [0.2, 0.25) is 0 Å². The van der Waals surface area contributed by atoms with Crippen molar-refractivity contribution >= 4 is 22.4 Å². The number of rotatable bonds is 4. The SMILES string of the molecule is CCOC(=O)c1sc(N2CCC[C@@H](C)C2)nc1-c1ncccc1F. The second kappa shape index (κ2) is 7.25. The summed E-state index contributed by atoms with van der Waals surface area (Å²) in [5, 5.41) is 0.727. The zero-order chi connectivity index (χ0) is 17.1. The van der Waals surface area contributed by atoms with Crippen LogP contribution >= 0.6 is 11.3 Å². The number of thiazole rings is 1. The predicted molar refractivity (Wildman–Crippen MR) is 91.9 cm³/mol. The summed E-state index contributed by atoms with van der Waals surface area (Å²) in [7, 11) is 0. The molecule has 1 fully saturated rings. The van der Waals surface area contributed by atoms with Gasteiger partial charge in [-0.25, -0.2) is 14.2 Å². The molecular weight excluding hydrogens is 329 g/mol. The number of halogens is 1. The largest absolute Gasteiger partial charge is 0.462 e. The van der Waals surface area contributed by atoms with Crippen LogP contribution in [0.1, 0.15) is 36.4 Å². The van der Waals surface area contributed by atoms with Gasteiger partial charge in [-0.2, -0.15) is 0 Å². The molecule has 7 heteroatoms. The molecular formula is C17H20FN3O2S. The smallest absolute Gasteiger partial charge is 0.350 e. The molecule has 24 heavy (non-hydrogen) atoms. The Morgan fingerprint density at radius 2 is 2.33 bits per heavy atom. The number of anilines is 1. The third-order valence-electron chi connectivity index (χ3n) is 3.99. The Morgan fingerprint density at radius 1 is 1.50 bits per heavy atom. The van der Waals surface area contributed by atoms with E-state index >= 15 is 0 Å². The van der Waals surface area contributed by atoms with Gasteiger partial charge in [0, 0.05) is 19.3 Å². The minimum atomic E-state index is -0.494. The summed E-state index contributed by atoms with van der Waals surface area (Å²) in [6, 6.07) is 2.84. The Hall–Kier alpha value is -2.02. The van der Waals surface area contributed by atoms with Gasteiger partial charge in [-0.15, -0.1) is 0 Å². The minimum absolute atomic E-state index is 0.0908. The van der Waals surface area contributed by atoms with E-state index in [0.29, 0.717) is 10.8 Å². The minimum Gasteiger partial charge on any atom is -0.462 e. The van der Waals surface area contributed by atoms with Crippen molar-refractivity contribution in [1.82, 2.24) is 9.97 Å². The quantitative estimate of drug-likeness (QED) is 0.787. The highest BCUT2D eigenvalue weighted by molar-refractivity contribution is 7.17. The highest BCUT2D eigenvalue weighted by atomic mass is 32.1. The topological polar surface area (TPSA) is 55.3 Å². The van der Waals surface area contributed by atoms with Crippen molar-refractivity contribution < 1.29 is 13.9 Å². The summed E-state index contributed by atoms with van der Waals surface area (Å²) in [6.45, 7) is 5.99. The first-order valence-corrected chi connectivity index (χ1v) is 8.95. The van der Waals surface area contributed by atoms with Crippen molar-refractivity contribution in [1.29, 1.82) is 0 Å². The van der Waals surface area contributed by atoms with Gasteiger partial charge in [0.05, 0.1) is 6.61 Å². The van der Waals surface area contributed by atoms with E-state index in [4.69, 9.17) is 4.74 Å². The summed E-state index contributed by atoms with van der Waals surface area (Å²) in [4.78, 5) is 23.4. The molecule has 5 nitrogen and oxygen atoms in total. The van der Waals surface area contributed by atoms with Crippen LogP contribution in [0.5, 0.6) is 0 Å². The fourth-order valence-corrected chi connectivity index (χ4v) is 3.86. The predicted octanol–water partition coefficient (Wildman–Crippen LogP) is 3.76. The van der Waals surface area contributed by atoms with Crippen LogP contribution in [0.25, 0.3) is 11.4 Å². The molecule has 0 aliphatic carbocycles. The van der Waals surface area contributed by atoms with Crippen LogP contribution in [0.4, 0.5) is 9.52 Å². The summed E-state index contributed by atoms with van der Waals surface area (Å²) in [6.07, 6.45) is 3.77. The number of carbonyl (C=O) groups is 1. The van der Waals surface area contributed by atoms with Crippen LogP contribution in [0.3, 0.4) is 0 Å². The maximum atomic E-state index is 14.2. The standard InChI is InChI=1S/C17H20FN3O2S/c1-3-23-16(22)15-14(13-12(18)7-4-8-19-13)20-17(24-15)21-9-5-6-11(2)10-21/h4,7-8,11H,3,5-6,9-10H2,1-2H3/t11-/m1/s1. The summed E-state index contributed by atoms with van der Waals surface area (Å²) in [5.41, 5.74) is 0.359. The Bertz CT molecular complexity index is 734. The third-order valence-corrected chi connectivity index (χ3v) is 5.08. The lowest BCUT2D eigenvalue weighted by molar-refractivity contribution is 0.0532. The molecule has 2 aromatic rings.